The Kier molecular flexibility index (Phi) is 3.53. The van der Waals surface area contributed by atoms with Gasteiger partial charge in [-0.2, -0.15) is 5.11 Å². The van der Waals surface area contributed by atoms with Gasteiger partial charge in [0.15, 0.2) is 5.75 Å². The van der Waals surface area contributed by atoms with Crippen LogP contribution < -0.4 is 5.32 Å². The monoisotopic (exact) mass is 291 g/mol. The lowest BCUT2D eigenvalue weighted by molar-refractivity contribution is 0.102. The number of aromatic hydroxyl groups is 1. The van der Waals surface area contributed by atoms with E-state index in [9.17, 15) is 9.90 Å². The van der Waals surface area contributed by atoms with Gasteiger partial charge in [0, 0.05) is 11.1 Å². The summed E-state index contributed by atoms with van der Waals surface area (Å²) in [4.78, 5) is 12.4. The highest BCUT2D eigenvalue weighted by Crippen LogP contribution is 2.38. The number of hydrogen-bond acceptors (Lipinski definition) is 4. The van der Waals surface area contributed by atoms with E-state index in [4.69, 9.17) is 5.53 Å². The normalized spacial score (nSPS) is 10.4. The van der Waals surface area contributed by atoms with Crippen LogP contribution in [0, 0.1) is 5.53 Å². The number of rotatable bonds is 3. The quantitative estimate of drug-likeness (QED) is 0.622. The van der Waals surface area contributed by atoms with E-state index in [1.54, 1.807) is 42.5 Å². The molecule has 3 N–H and O–H groups in total. The van der Waals surface area contributed by atoms with Crippen molar-refractivity contribution >= 4 is 28.1 Å². The SMILES string of the molecule is N=Nc1c(O)c(C(=O)Nc2ccccc2)cc2ccccc12. The molecule has 0 radical (unpaired) electrons. The number of benzene rings is 3. The molecule has 0 heterocycles. The van der Waals surface area contributed by atoms with Crippen LogP contribution in [0.4, 0.5) is 11.4 Å². The fraction of sp³-hybridized carbons (Fsp3) is 0. The molecule has 0 unspecified atom stereocenters. The second kappa shape index (κ2) is 5.65. The van der Waals surface area contributed by atoms with Gasteiger partial charge in [-0.05, 0) is 23.6 Å². The van der Waals surface area contributed by atoms with Gasteiger partial charge in [-0.1, -0.05) is 42.5 Å². The minimum atomic E-state index is -0.445. The second-order valence-electron chi connectivity index (χ2n) is 4.77. The average Bonchev–Trinajstić information content (AvgIpc) is 2.55. The molecule has 0 bridgehead atoms. The van der Waals surface area contributed by atoms with Crippen molar-refractivity contribution in [1.29, 1.82) is 5.53 Å². The molecular weight excluding hydrogens is 278 g/mol. The molecule has 22 heavy (non-hydrogen) atoms. The number of anilines is 1. The van der Waals surface area contributed by atoms with Crippen molar-refractivity contribution in [3.8, 4) is 5.75 Å². The smallest absolute Gasteiger partial charge is 0.259 e. The highest BCUT2D eigenvalue weighted by molar-refractivity contribution is 6.11. The highest BCUT2D eigenvalue weighted by atomic mass is 16.3. The summed E-state index contributed by atoms with van der Waals surface area (Å²) < 4.78 is 0. The molecule has 0 aliphatic rings. The first-order valence-corrected chi connectivity index (χ1v) is 6.69. The molecule has 3 aromatic carbocycles. The third-order valence-corrected chi connectivity index (χ3v) is 3.38. The molecule has 0 atom stereocenters. The van der Waals surface area contributed by atoms with E-state index in [1.165, 1.54) is 0 Å². The van der Waals surface area contributed by atoms with Crippen LogP contribution in [-0.4, -0.2) is 11.0 Å². The number of phenolic OH excluding ortho intramolecular Hbond substituents is 1. The van der Waals surface area contributed by atoms with E-state index in [0.29, 0.717) is 11.1 Å². The summed E-state index contributed by atoms with van der Waals surface area (Å²) in [5, 5.41) is 17.7. The summed E-state index contributed by atoms with van der Waals surface area (Å²) in [6, 6.07) is 17.7. The number of fused-ring (bicyclic) bond motifs is 1. The van der Waals surface area contributed by atoms with Crippen LogP contribution in [0.5, 0.6) is 5.75 Å². The Labute approximate surface area is 126 Å². The van der Waals surface area contributed by atoms with Crippen molar-refractivity contribution in [3.63, 3.8) is 0 Å². The first kappa shape index (κ1) is 13.8. The van der Waals surface area contributed by atoms with Gasteiger partial charge in [0.25, 0.3) is 5.91 Å². The number of hydrogen-bond donors (Lipinski definition) is 3. The van der Waals surface area contributed by atoms with Crippen LogP contribution >= 0.6 is 0 Å². The van der Waals surface area contributed by atoms with Crippen LogP contribution in [0.15, 0.2) is 65.8 Å². The molecule has 5 nitrogen and oxygen atoms in total. The number of carbonyl (C=O) groups is 1. The summed E-state index contributed by atoms with van der Waals surface area (Å²) in [6.07, 6.45) is 0. The van der Waals surface area contributed by atoms with Gasteiger partial charge in [-0.25, -0.2) is 5.53 Å². The van der Waals surface area contributed by atoms with E-state index in [2.05, 4.69) is 10.4 Å². The lowest BCUT2D eigenvalue weighted by atomic mass is 10.0. The maximum absolute atomic E-state index is 12.4. The van der Waals surface area contributed by atoms with E-state index >= 15 is 0 Å². The Morgan fingerprint density at radius 2 is 1.73 bits per heavy atom. The van der Waals surface area contributed by atoms with Crippen LogP contribution in [0.3, 0.4) is 0 Å². The zero-order valence-electron chi connectivity index (χ0n) is 11.6. The van der Waals surface area contributed by atoms with Gasteiger partial charge >= 0.3 is 0 Å². The fourth-order valence-electron chi connectivity index (χ4n) is 2.32. The first-order valence-electron chi connectivity index (χ1n) is 6.69. The number of nitrogens with one attached hydrogen (secondary N) is 2. The zero-order chi connectivity index (χ0) is 15.5. The summed E-state index contributed by atoms with van der Waals surface area (Å²) in [5.41, 5.74) is 8.07. The summed E-state index contributed by atoms with van der Waals surface area (Å²) in [7, 11) is 0. The topological polar surface area (TPSA) is 85.5 Å². The van der Waals surface area contributed by atoms with Crippen LogP contribution in [-0.2, 0) is 0 Å². The molecule has 108 valence electrons. The van der Waals surface area contributed by atoms with E-state index in [-0.39, 0.29) is 17.0 Å². The summed E-state index contributed by atoms with van der Waals surface area (Å²) in [5.74, 6) is -0.735. The molecule has 0 saturated heterocycles. The average molecular weight is 291 g/mol. The van der Waals surface area contributed by atoms with E-state index < -0.39 is 5.91 Å². The molecule has 3 aromatic rings. The van der Waals surface area contributed by atoms with Gasteiger partial charge in [0.05, 0.1) is 5.56 Å². The number of para-hydroxylation sites is 1. The van der Waals surface area contributed by atoms with Crippen molar-refractivity contribution in [2.75, 3.05) is 5.32 Å². The molecule has 0 fully saturated rings. The van der Waals surface area contributed by atoms with Crippen molar-refractivity contribution in [1.82, 2.24) is 0 Å². The summed E-state index contributed by atoms with van der Waals surface area (Å²) in [6.45, 7) is 0. The zero-order valence-corrected chi connectivity index (χ0v) is 11.6. The van der Waals surface area contributed by atoms with Crippen LogP contribution in [0.25, 0.3) is 10.8 Å². The number of amides is 1. The minimum absolute atomic E-state index is 0.0913. The largest absolute Gasteiger partial charge is 0.505 e. The Hall–Kier alpha value is -3.21. The number of carbonyl (C=O) groups excluding carboxylic acids is 1. The van der Waals surface area contributed by atoms with Crippen LogP contribution in [0.1, 0.15) is 10.4 Å². The van der Waals surface area contributed by atoms with E-state index in [0.717, 1.165) is 5.39 Å². The minimum Gasteiger partial charge on any atom is -0.505 e. The lowest BCUT2D eigenvalue weighted by Gasteiger charge is -2.10. The lowest BCUT2D eigenvalue weighted by Crippen LogP contribution is -2.12. The second-order valence-corrected chi connectivity index (χ2v) is 4.77. The Bertz CT molecular complexity index is 860. The standard InChI is InChI=1S/C17H13N3O2/c18-20-15-13-9-5-4-6-11(13)10-14(16(15)21)17(22)19-12-7-2-1-3-8-12/h1-10,18,21H,(H,19,22). The summed E-state index contributed by atoms with van der Waals surface area (Å²) >= 11 is 0. The fourth-order valence-corrected chi connectivity index (χ4v) is 2.32. The molecule has 0 saturated carbocycles. The van der Waals surface area contributed by atoms with Gasteiger partial charge in [0.2, 0.25) is 0 Å². The predicted molar refractivity (Wildman–Crippen MR) is 84.8 cm³/mol. The van der Waals surface area contributed by atoms with Crippen molar-refractivity contribution < 1.29 is 9.90 Å². The van der Waals surface area contributed by atoms with Gasteiger partial charge in [-0.15, -0.1) is 0 Å². The Balaban J connectivity index is 2.08. The maximum atomic E-state index is 12.4. The van der Waals surface area contributed by atoms with Gasteiger partial charge in [0.1, 0.15) is 5.69 Å². The van der Waals surface area contributed by atoms with Gasteiger partial charge < -0.3 is 10.4 Å². The van der Waals surface area contributed by atoms with Crippen LogP contribution in [0.2, 0.25) is 0 Å². The molecule has 0 aromatic heterocycles. The Morgan fingerprint density at radius 1 is 1.05 bits per heavy atom. The van der Waals surface area contributed by atoms with Crippen molar-refractivity contribution in [2.24, 2.45) is 5.11 Å². The van der Waals surface area contributed by atoms with Crippen molar-refractivity contribution in [3.05, 3.63) is 66.2 Å². The third-order valence-electron chi connectivity index (χ3n) is 3.38. The molecular formula is C17H13N3O2. The first-order chi connectivity index (χ1) is 10.7. The number of phenols is 1. The third kappa shape index (κ3) is 2.40. The highest BCUT2D eigenvalue weighted by Gasteiger charge is 2.18. The van der Waals surface area contributed by atoms with E-state index in [1.807, 2.05) is 18.2 Å². The van der Waals surface area contributed by atoms with Crippen molar-refractivity contribution in [2.45, 2.75) is 0 Å². The number of nitrogens with zero attached hydrogens (tertiary/aromatic N) is 1. The molecule has 3 rings (SSSR count). The molecule has 5 heteroatoms. The molecule has 1 amide bonds. The molecule has 0 aliphatic carbocycles. The molecule has 0 aliphatic heterocycles. The van der Waals surface area contributed by atoms with Gasteiger partial charge in [-0.3, -0.25) is 4.79 Å². The predicted octanol–water partition coefficient (Wildman–Crippen LogP) is 4.46. The Morgan fingerprint density at radius 3 is 2.45 bits per heavy atom. The maximum Gasteiger partial charge on any atom is 0.259 e. The molecule has 0 spiro atoms.